The lowest BCUT2D eigenvalue weighted by Crippen LogP contribution is -2.55. The van der Waals surface area contributed by atoms with Gasteiger partial charge in [-0.25, -0.2) is 0 Å². The van der Waals surface area contributed by atoms with Crippen LogP contribution in [-0.4, -0.2) is 43.7 Å². The predicted octanol–water partition coefficient (Wildman–Crippen LogP) is 3.40. The highest BCUT2D eigenvalue weighted by Crippen LogP contribution is 2.34. The van der Waals surface area contributed by atoms with Crippen molar-refractivity contribution in [3.8, 4) is 0 Å². The van der Waals surface area contributed by atoms with Gasteiger partial charge in [-0.15, -0.1) is 0 Å². The molecule has 21 heavy (non-hydrogen) atoms. The third kappa shape index (κ3) is 2.99. The maximum Gasteiger partial charge on any atom is 0.0418 e. The molecule has 0 bridgehead atoms. The Morgan fingerprint density at radius 2 is 2.14 bits per heavy atom. The van der Waals surface area contributed by atoms with Gasteiger partial charge < -0.3 is 10.2 Å². The number of hydrogen-bond acceptors (Lipinski definition) is 3. The molecule has 2 heterocycles. The fourth-order valence-corrected chi connectivity index (χ4v) is 4.19. The molecular weight excluding hydrogens is 326 g/mol. The molecule has 116 valence electrons. The number of benzene rings is 1. The van der Waals surface area contributed by atoms with Gasteiger partial charge in [0, 0.05) is 41.4 Å². The maximum absolute atomic E-state index is 3.62. The number of nitrogens with one attached hydrogen (secondary N) is 1. The molecule has 3 atom stereocenters. The van der Waals surface area contributed by atoms with E-state index in [0.29, 0.717) is 12.1 Å². The van der Waals surface area contributed by atoms with Crippen molar-refractivity contribution in [2.75, 3.05) is 31.6 Å². The Hall–Kier alpha value is -0.580. The van der Waals surface area contributed by atoms with E-state index < -0.39 is 0 Å². The van der Waals surface area contributed by atoms with Crippen molar-refractivity contribution in [3.05, 3.63) is 28.2 Å². The average Bonchev–Trinajstić information content (AvgIpc) is 2.92. The Balaban J connectivity index is 1.91. The molecule has 0 aliphatic carbocycles. The third-order valence-corrected chi connectivity index (χ3v) is 5.63. The van der Waals surface area contributed by atoms with Crippen LogP contribution in [0.1, 0.15) is 38.3 Å². The minimum Gasteiger partial charge on any atom is -0.366 e. The second-order valence-electron chi connectivity index (χ2n) is 6.51. The van der Waals surface area contributed by atoms with Gasteiger partial charge in [-0.1, -0.05) is 15.9 Å². The van der Waals surface area contributed by atoms with Gasteiger partial charge in [0.2, 0.25) is 0 Å². The molecule has 4 heteroatoms. The molecule has 1 N–H and O–H groups in total. The molecule has 3 rings (SSSR count). The number of hydrogen-bond donors (Lipinski definition) is 1. The SMILES string of the molecule is CNC(C)c1cc(Br)ccc1N1CC2CCCN2CC1C. The van der Waals surface area contributed by atoms with E-state index in [-0.39, 0.29) is 0 Å². The molecule has 1 aromatic rings. The highest BCUT2D eigenvalue weighted by atomic mass is 79.9. The summed E-state index contributed by atoms with van der Waals surface area (Å²) in [6.07, 6.45) is 2.72. The van der Waals surface area contributed by atoms with E-state index in [9.17, 15) is 0 Å². The molecule has 3 nitrogen and oxygen atoms in total. The molecule has 2 fully saturated rings. The van der Waals surface area contributed by atoms with E-state index in [1.54, 1.807) is 0 Å². The van der Waals surface area contributed by atoms with Gasteiger partial charge in [-0.05, 0) is 64.0 Å². The van der Waals surface area contributed by atoms with E-state index in [2.05, 4.69) is 63.1 Å². The van der Waals surface area contributed by atoms with Crippen molar-refractivity contribution in [3.63, 3.8) is 0 Å². The Morgan fingerprint density at radius 1 is 1.33 bits per heavy atom. The summed E-state index contributed by atoms with van der Waals surface area (Å²) >= 11 is 3.62. The molecule has 1 aromatic carbocycles. The standard InChI is InChI=1S/C17H26BrN3/c1-12-10-20-8-4-5-15(20)11-21(12)17-7-6-14(18)9-16(17)13(2)19-3/h6-7,9,12-13,15,19H,4-5,8,10-11H2,1-3H3. The molecule has 0 spiro atoms. The molecule has 0 saturated carbocycles. The Labute approximate surface area is 136 Å². The number of nitrogens with zero attached hydrogens (tertiary/aromatic N) is 2. The number of rotatable bonds is 3. The normalized spacial score (nSPS) is 27.7. The summed E-state index contributed by atoms with van der Waals surface area (Å²) in [7, 11) is 2.04. The van der Waals surface area contributed by atoms with Gasteiger partial charge in [0.15, 0.2) is 0 Å². The highest BCUT2D eigenvalue weighted by molar-refractivity contribution is 9.10. The van der Waals surface area contributed by atoms with Crippen LogP contribution in [0.15, 0.2) is 22.7 Å². The van der Waals surface area contributed by atoms with Crippen molar-refractivity contribution < 1.29 is 0 Å². The lowest BCUT2D eigenvalue weighted by Gasteiger charge is -2.44. The van der Waals surface area contributed by atoms with Crippen molar-refractivity contribution >= 4 is 21.6 Å². The Bertz CT molecular complexity index is 505. The van der Waals surface area contributed by atoms with Crippen LogP contribution in [0, 0.1) is 0 Å². The van der Waals surface area contributed by atoms with E-state index >= 15 is 0 Å². The van der Waals surface area contributed by atoms with Crippen LogP contribution in [0.5, 0.6) is 0 Å². The van der Waals surface area contributed by atoms with Gasteiger partial charge in [0.05, 0.1) is 0 Å². The van der Waals surface area contributed by atoms with Crippen LogP contribution in [0.2, 0.25) is 0 Å². The van der Waals surface area contributed by atoms with Crippen molar-refractivity contribution in [1.29, 1.82) is 0 Å². The molecule has 0 amide bonds. The number of anilines is 1. The monoisotopic (exact) mass is 351 g/mol. The van der Waals surface area contributed by atoms with E-state index in [4.69, 9.17) is 0 Å². The fourth-order valence-electron chi connectivity index (χ4n) is 3.81. The minimum absolute atomic E-state index is 0.367. The lowest BCUT2D eigenvalue weighted by molar-refractivity contribution is 0.202. The van der Waals surface area contributed by atoms with Crippen molar-refractivity contribution in [2.45, 2.75) is 44.8 Å². The maximum atomic E-state index is 3.62. The zero-order valence-electron chi connectivity index (χ0n) is 13.3. The zero-order valence-corrected chi connectivity index (χ0v) is 14.9. The van der Waals surface area contributed by atoms with Crippen LogP contribution in [0.3, 0.4) is 0 Å². The first-order valence-electron chi connectivity index (χ1n) is 8.07. The zero-order chi connectivity index (χ0) is 15.0. The average molecular weight is 352 g/mol. The second kappa shape index (κ2) is 6.27. The topological polar surface area (TPSA) is 18.5 Å². The van der Waals surface area contributed by atoms with Crippen LogP contribution < -0.4 is 10.2 Å². The predicted molar refractivity (Wildman–Crippen MR) is 93.0 cm³/mol. The molecule has 2 aliphatic heterocycles. The van der Waals surface area contributed by atoms with Crippen LogP contribution >= 0.6 is 15.9 Å². The van der Waals surface area contributed by atoms with E-state index in [1.807, 2.05) is 7.05 Å². The number of fused-ring (bicyclic) bond motifs is 1. The smallest absolute Gasteiger partial charge is 0.0418 e. The molecule has 0 radical (unpaired) electrons. The summed E-state index contributed by atoms with van der Waals surface area (Å²) < 4.78 is 1.16. The van der Waals surface area contributed by atoms with E-state index in [0.717, 1.165) is 10.5 Å². The number of halogens is 1. The third-order valence-electron chi connectivity index (χ3n) is 5.14. The van der Waals surface area contributed by atoms with Gasteiger partial charge in [0.25, 0.3) is 0 Å². The first-order valence-corrected chi connectivity index (χ1v) is 8.87. The lowest BCUT2D eigenvalue weighted by atomic mass is 10.0. The summed E-state index contributed by atoms with van der Waals surface area (Å²) in [6, 6.07) is 8.44. The summed E-state index contributed by atoms with van der Waals surface area (Å²) in [5.74, 6) is 0. The van der Waals surface area contributed by atoms with Crippen LogP contribution in [0.25, 0.3) is 0 Å². The molecule has 3 unspecified atom stereocenters. The summed E-state index contributed by atoms with van der Waals surface area (Å²) in [4.78, 5) is 5.31. The van der Waals surface area contributed by atoms with Crippen molar-refractivity contribution in [2.24, 2.45) is 0 Å². The molecule has 0 aromatic heterocycles. The summed E-state index contributed by atoms with van der Waals surface area (Å²) in [5, 5.41) is 3.39. The van der Waals surface area contributed by atoms with Crippen molar-refractivity contribution in [1.82, 2.24) is 10.2 Å². The first kappa shape index (κ1) is 15.3. The first-order chi connectivity index (χ1) is 10.1. The van der Waals surface area contributed by atoms with Gasteiger partial charge in [-0.3, -0.25) is 4.90 Å². The molecule has 2 aliphatic rings. The number of piperazine rings is 1. The molecular formula is C17H26BrN3. The van der Waals surface area contributed by atoms with E-state index in [1.165, 1.54) is 43.7 Å². The summed E-state index contributed by atoms with van der Waals surface area (Å²) in [5.41, 5.74) is 2.80. The van der Waals surface area contributed by atoms with Gasteiger partial charge in [-0.2, -0.15) is 0 Å². The van der Waals surface area contributed by atoms with Crippen LogP contribution in [0.4, 0.5) is 5.69 Å². The summed E-state index contributed by atoms with van der Waals surface area (Å²) in [6.45, 7) is 8.27. The highest BCUT2D eigenvalue weighted by Gasteiger charge is 2.35. The second-order valence-corrected chi connectivity index (χ2v) is 7.42. The largest absolute Gasteiger partial charge is 0.366 e. The van der Waals surface area contributed by atoms with Gasteiger partial charge in [0.1, 0.15) is 0 Å². The minimum atomic E-state index is 0.367. The Morgan fingerprint density at radius 3 is 2.90 bits per heavy atom. The van der Waals surface area contributed by atoms with Gasteiger partial charge >= 0.3 is 0 Å². The van der Waals surface area contributed by atoms with Crippen LogP contribution in [-0.2, 0) is 0 Å². The quantitative estimate of drug-likeness (QED) is 0.900. The molecule has 2 saturated heterocycles. The Kier molecular flexibility index (Phi) is 4.57. The fraction of sp³-hybridized carbons (Fsp3) is 0.647.